The van der Waals surface area contributed by atoms with E-state index in [-0.39, 0.29) is 24.4 Å². The van der Waals surface area contributed by atoms with E-state index in [1.807, 2.05) is 13.8 Å². The fraction of sp³-hybridized carbons (Fsp3) is 0.778. The number of hydrogen-bond acceptors (Lipinski definition) is 2. The van der Waals surface area contributed by atoms with Crippen molar-refractivity contribution in [3.63, 3.8) is 0 Å². The molecule has 0 aromatic rings. The number of carbonyl (C=O) groups excluding carboxylic acids is 1. The van der Waals surface area contributed by atoms with E-state index in [9.17, 15) is 9.59 Å². The molecule has 82 valence electrons. The lowest BCUT2D eigenvalue weighted by Gasteiger charge is -2.20. The molecule has 0 bridgehead atoms. The predicted molar refractivity (Wildman–Crippen MR) is 53.1 cm³/mol. The summed E-state index contributed by atoms with van der Waals surface area (Å²) in [5.41, 5.74) is 0. The van der Waals surface area contributed by atoms with Crippen molar-refractivity contribution in [2.45, 2.75) is 33.2 Å². The fourth-order valence-corrected chi connectivity index (χ4v) is 1.02. The topological polar surface area (TPSA) is 78.4 Å². The predicted octanol–water partition coefficient (Wildman–Crippen LogP) is 0.805. The highest BCUT2D eigenvalue weighted by atomic mass is 16.4. The number of urea groups is 1. The van der Waals surface area contributed by atoms with Gasteiger partial charge in [0.15, 0.2) is 0 Å². The highest BCUT2D eigenvalue weighted by Gasteiger charge is 2.18. The second kappa shape index (κ2) is 6.23. The first-order chi connectivity index (χ1) is 6.47. The number of aliphatic carboxylic acids is 1. The van der Waals surface area contributed by atoms with Crippen LogP contribution in [0.1, 0.15) is 27.2 Å². The summed E-state index contributed by atoms with van der Waals surface area (Å²) in [6.07, 6.45) is -0.0468. The highest BCUT2D eigenvalue weighted by Crippen LogP contribution is 2.05. The molecule has 0 saturated heterocycles. The lowest BCUT2D eigenvalue weighted by Crippen LogP contribution is -2.45. The third-order valence-corrected chi connectivity index (χ3v) is 1.85. The van der Waals surface area contributed by atoms with Crippen molar-refractivity contribution in [1.29, 1.82) is 0 Å². The largest absolute Gasteiger partial charge is 0.481 e. The molecule has 14 heavy (non-hydrogen) atoms. The van der Waals surface area contributed by atoms with E-state index >= 15 is 0 Å². The van der Waals surface area contributed by atoms with Gasteiger partial charge in [-0.3, -0.25) is 4.79 Å². The lowest BCUT2D eigenvalue weighted by molar-refractivity contribution is -0.137. The van der Waals surface area contributed by atoms with Crippen molar-refractivity contribution in [2.75, 3.05) is 6.54 Å². The molecular formula is C9H18N2O3. The molecular weight excluding hydrogens is 184 g/mol. The van der Waals surface area contributed by atoms with Gasteiger partial charge in [-0.1, -0.05) is 13.8 Å². The summed E-state index contributed by atoms with van der Waals surface area (Å²) >= 11 is 0. The molecule has 0 aromatic carbocycles. The van der Waals surface area contributed by atoms with Gasteiger partial charge in [0.25, 0.3) is 0 Å². The van der Waals surface area contributed by atoms with Gasteiger partial charge in [-0.25, -0.2) is 4.79 Å². The van der Waals surface area contributed by atoms with Crippen molar-refractivity contribution >= 4 is 12.0 Å². The average molecular weight is 202 g/mol. The minimum atomic E-state index is -0.902. The van der Waals surface area contributed by atoms with Crippen LogP contribution in [0.5, 0.6) is 0 Å². The van der Waals surface area contributed by atoms with E-state index in [0.29, 0.717) is 6.54 Å². The SMILES string of the molecule is CCNC(=O)NC(CC(=O)O)C(C)C. The zero-order chi connectivity index (χ0) is 11.1. The standard InChI is InChI=1S/C9H18N2O3/c1-4-10-9(14)11-7(6(2)3)5-8(12)13/h6-7H,4-5H2,1-3H3,(H,12,13)(H2,10,11,14). The third kappa shape index (κ3) is 5.40. The van der Waals surface area contributed by atoms with Gasteiger partial charge in [0.05, 0.1) is 6.42 Å². The molecule has 0 heterocycles. The monoisotopic (exact) mass is 202 g/mol. The number of carboxylic acids is 1. The molecule has 0 rings (SSSR count). The maximum Gasteiger partial charge on any atom is 0.315 e. The van der Waals surface area contributed by atoms with Crippen LogP contribution in [-0.4, -0.2) is 29.7 Å². The quantitative estimate of drug-likeness (QED) is 0.617. The van der Waals surface area contributed by atoms with Crippen LogP contribution in [0.4, 0.5) is 4.79 Å². The molecule has 0 spiro atoms. The van der Waals surface area contributed by atoms with Crippen LogP contribution < -0.4 is 10.6 Å². The first-order valence-electron chi connectivity index (χ1n) is 4.73. The summed E-state index contributed by atoms with van der Waals surface area (Å²) in [5, 5.41) is 13.8. The molecule has 5 nitrogen and oxygen atoms in total. The Labute approximate surface area is 83.9 Å². The minimum Gasteiger partial charge on any atom is -0.481 e. The molecule has 0 fully saturated rings. The van der Waals surface area contributed by atoms with Crippen molar-refractivity contribution < 1.29 is 14.7 Å². The van der Waals surface area contributed by atoms with E-state index in [1.54, 1.807) is 6.92 Å². The van der Waals surface area contributed by atoms with Crippen LogP contribution in [-0.2, 0) is 4.79 Å². The molecule has 1 unspecified atom stereocenters. The number of hydrogen-bond donors (Lipinski definition) is 3. The number of rotatable bonds is 5. The summed E-state index contributed by atoms with van der Waals surface area (Å²) < 4.78 is 0. The Hall–Kier alpha value is -1.26. The van der Waals surface area contributed by atoms with Crippen molar-refractivity contribution in [1.82, 2.24) is 10.6 Å². The molecule has 0 aliphatic rings. The minimum absolute atomic E-state index is 0.0468. The maximum atomic E-state index is 11.1. The van der Waals surface area contributed by atoms with Crippen molar-refractivity contribution in [2.24, 2.45) is 5.92 Å². The molecule has 3 N–H and O–H groups in total. The van der Waals surface area contributed by atoms with Crippen LogP contribution in [0.3, 0.4) is 0 Å². The van der Waals surface area contributed by atoms with Crippen LogP contribution in [0.25, 0.3) is 0 Å². The van der Waals surface area contributed by atoms with Gasteiger partial charge in [0.2, 0.25) is 0 Å². The summed E-state index contributed by atoms with van der Waals surface area (Å²) in [7, 11) is 0. The molecule has 0 radical (unpaired) electrons. The third-order valence-electron chi connectivity index (χ3n) is 1.85. The smallest absolute Gasteiger partial charge is 0.315 e. The molecule has 0 aliphatic heterocycles. The van der Waals surface area contributed by atoms with E-state index < -0.39 is 5.97 Å². The zero-order valence-corrected chi connectivity index (χ0v) is 8.83. The normalized spacial score (nSPS) is 12.3. The number of carbonyl (C=O) groups is 2. The molecule has 0 aromatic heterocycles. The highest BCUT2D eigenvalue weighted by molar-refractivity contribution is 5.75. The van der Waals surface area contributed by atoms with Gasteiger partial charge in [-0.2, -0.15) is 0 Å². The molecule has 2 amide bonds. The zero-order valence-electron chi connectivity index (χ0n) is 8.83. The molecule has 0 saturated carbocycles. The van der Waals surface area contributed by atoms with Gasteiger partial charge < -0.3 is 15.7 Å². The molecule has 1 atom stereocenters. The van der Waals surface area contributed by atoms with Gasteiger partial charge in [0.1, 0.15) is 0 Å². The number of amides is 2. The van der Waals surface area contributed by atoms with E-state index in [4.69, 9.17) is 5.11 Å². The first-order valence-corrected chi connectivity index (χ1v) is 4.73. The van der Waals surface area contributed by atoms with Gasteiger partial charge in [-0.05, 0) is 12.8 Å². The first kappa shape index (κ1) is 12.7. The average Bonchev–Trinajstić information content (AvgIpc) is 2.02. The summed E-state index contributed by atoms with van der Waals surface area (Å²) in [6, 6.07) is -0.633. The number of nitrogens with one attached hydrogen (secondary N) is 2. The Balaban J connectivity index is 4.09. The Kier molecular flexibility index (Phi) is 5.67. The Morgan fingerprint density at radius 2 is 1.93 bits per heavy atom. The van der Waals surface area contributed by atoms with Crippen LogP contribution in [0.2, 0.25) is 0 Å². The van der Waals surface area contributed by atoms with Crippen molar-refractivity contribution in [3.8, 4) is 0 Å². The Bertz CT molecular complexity index is 204. The van der Waals surface area contributed by atoms with Crippen LogP contribution >= 0.6 is 0 Å². The van der Waals surface area contributed by atoms with Gasteiger partial charge in [0, 0.05) is 12.6 Å². The summed E-state index contributed by atoms with van der Waals surface area (Å²) in [5.74, 6) is -0.797. The van der Waals surface area contributed by atoms with Gasteiger partial charge >= 0.3 is 12.0 Å². The fourth-order valence-electron chi connectivity index (χ4n) is 1.02. The van der Waals surface area contributed by atoms with E-state index in [2.05, 4.69) is 10.6 Å². The molecule has 0 aliphatic carbocycles. The second-order valence-electron chi connectivity index (χ2n) is 3.45. The number of carboxylic acid groups (broad SMARTS) is 1. The summed E-state index contributed by atoms with van der Waals surface area (Å²) in [4.78, 5) is 21.6. The Morgan fingerprint density at radius 1 is 1.36 bits per heavy atom. The Morgan fingerprint density at radius 3 is 2.29 bits per heavy atom. The van der Waals surface area contributed by atoms with E-state index in [1.165, 1.54) is 0 Å². The lowest BCUT2D eigenvalue weighted by atomic mass is 10.0. The second-order valence-corrected chi connectivity index (χ2v) is 3.45. The van der Waals surface area contributed by atoms with Gasteiger partial charge in [-0.15, -0.1) is 0 Å². The van der Waals surface area contributed by atoms with Crippen molar-refractivity contribution in [3.05, 3.63) is 0 Å². The molecule has 5 heteroatoms. The maximum absolute atomic E-state index is 11.1. The summed E-state index contributed by atoms with van der Waals surface area (Å²) in [6.45, 7) is 6.09. The van der Waals surface area contributed by atoms with Crippen LogP contribution in [0.15, 0.2) is 0 Å². The van der Waals surface area contributed by atoms with E-state index in [0.717, 1.165) is 0 Å². The van der Waals surface area contributed by atoms with Crippen LogP contribution in [0, 0.1) is 5.92 Å².